The molecule has 6 heteroatoms. The van der Waals surface area contributed by atoms with Gasteiger partial charge in [0.1, 0.15) is 13.2 Å². The summed E-state index contributed by atoms with van der Waals surface area (Å²) in [5.41, 5.74) is 1.45. The fourth-order valence-electron chi connectivity index (χ4n) is 1.13. The van der Waals surface area contributed by atoms with Gasteiger partial charge in [0.2, 0.25) is 0 Å². The minimum absolute atomic E-state index is 0.0820. The van der Waals surface area contributed by atoms with Crippen LogP contribution in [0.2, 0.25) is 0 Å². The van der Waals surface area contributed by atoms with Gasteiger partial charge in [-0.15, -0.1) is 0 Å². The number of nitrogens with zero attached hydrogens (tertiary/aromatic N) is 2. The molecular weight excluding hydrogens is 201 g/mol. The predicted molar refractivity (Wildman–Crippen MR) is 53.4 cm³/mol. The fourth-order valence-corrected chi connectivity index (χ4v) is 1.13. The van der Waals surface area contributed by atoms with E-state index in [0.29, 0.717) is 5.69 Å². The molecule has 0 aliphatic rings. The molecule has 15 heavy (non-hydrogen) atoms. The number of aryl methyl sites for hydroxylation is 2. The van der Waals surface area contributed by atoms with Crippen molar-refractivity contribution in [2.75, 3.05) is 25.6 Å². The lowest BCUT2D eigenvalue weighted by atomic mass is 10.4. The third-order valence-electron chi connectivity index (χ3n) is 1.91. The summed E-state index contributed by atoms with van der Waals surface area (Å²) in [6.45, 7) is 1.63. The molecule has 0 unspecified atom stereocenters. The zero-order valence-corrected chi connectivity index (χ0v) is 8.79. The lowest BCUT2D eigenvalue weighted by Crippen LogP contribution is -2.15. The van der Waals surface area contributed by atoms with E-state index in [-0.39, 0.29) is 19.1 Å². The third kappa shape index (κ3) is 3.23. The monoisotopic (exact) mass is 215 g/mol. The van der Waals surface area contributed by atoms with E-state index < -0.39 is 6.67 Å². The van der Waals surface area contributed by atoms with E-state index >= 15 is 0 Å². The second-order valence-electron chi connectivity index (χ2n) is 3.01. The molecule has 0 aliphatic heterocycles. The van der Waals surface area contributed by atoms with Gasteiger partial charge in [0, 0.05) is 6.20 Å². The van der Waals surface area contributed by atoms with Gasteiger partial charge in [0.15, 0.2) is 0 Å². The van der Waals surface area contributed by atoms with Gasteiger partial charge in [-0.25, -0.2) is 4.39 Å². The minimum atomic E-state index is -0.461. The predicted octanol–water partition coefficient (Wildman–Crippen LogP) is 0.746. The van der Waals surface area contributed by atoms with Gasteiger partial charge in [0.25, 0.3) is 0 Å². The van der Waals surface area contributed by atoms with Crippen molar-refractivity contribution >= 4 is 11.7 Å². The van der Waals surface area contributed by atoms with Crippen LogP contribution in [0.3, 0.4) is 0 Å². The molecular formula is C9H14FN3O2. The van der Waals surface area contributed by atoms with Crippen LogP contribution >= 0.6 is 0 Å². The molecule has 0 saturated carbocycles. The van der Waals surface area contributed by atoms with Crippen LogP contribution in [0.4, 0.5) is 10.1 Å². The van der Waals surface area contributed by atoms with Gasteiger partial charge >= 0.3 is 5.97 Å². The quantitative estimate of drug-likeness (QED) is 0.736. The molecule has 84 valence electrons. The smallest absolute Gasteiger partial charge is 0.325 e. The molecule has 0 amide bonds. The highest BCUT2D eigenvalue weighted by Gasteiger charge is 2.06. The van der Waals surface area contributed by atoms with Gasteiger partial charge in [-0.1, -0.05) is 0 Å². The number of alkyl halides is 1. The Morgan fingerprint density at radius 3 is 3.07 bits per heavy atom. The van der Waals surface area contributed by atoms with Crippen molar-refractivity contribution in [2.45, 2.75) is 13.5 Å². The molecule has 0 atom stereocenters. The van der Waals surface area contributed by atoms with Gasteiger partial charge in [-0.3, -0.25) is 9.48 Å². The molecule has 1 aromatic rings. The number of rotatable bonds is 5. The summed E-state index contributed by atoms with van der Waals surface area (Å²) >= 11 is 0. The summed E-state index contributed by atoms with van der Waals surface area (Å²) in [6.07, 6.45) is 1.66. The van der Waals surface area contributed by atoms with E-state index in [1.165, 1.54) is 11.8 Å². The standard InChI is InChI=1S/C9H14FN3O2/c1-7-8(11-5-9(14)15-2)6-13(12-7)4-3-10/h6,11H,3-5H2,1-2H3. The number of hydrogen-bond acceptors (Lipinski definition) is 4. The molecule has 5 nitrogen and oxygen atoms in total. The Morgan fingerprint density at radius 1 is 1.73 bits per heavy atom. The number of anilines is 1. The van der Waals surface area contributed by atoms with Gasteiger partial charge in [0.05, 0.1) is 25.0 Å². The maximum Gasteiger partial charge on any atom is 0.325 e. The molecule has 1 N–H and O–H groups in total. The zero-order chi connectivity index (χ0) is 11.3. The summed E-state index contributed by atoms with van der Waals surface area (Å²) in [6, 6.07) is 0. The lowest BCUT2D eigenvalue weighted by molar-refractivity contribution is -0.138. The Bertz CT molecular complexity index is 338. The van der Waals surface area contributed by atoms with Crippen LogP contribution in [-0.2, 0) is 16.1 Å². The number of nitrogens with one attached hydrogen (secondary N) is 1. The summed E-state index contributed by atoms with van der Waals surface area (Å²) < 4.78 is 18.0. The number of halogens is 1. The summed E-state index contributed by atoms with van der Waals surface area (Å²) in [4.78, 5) is 10.9. The van der Waals surface area contributed by atoms with Crippen molar-refractivity contribution in [1.82, 2.24) is 9.78 Å². The molecule has 0 saturated heterocycles. The second-order valence-corrected chi connectivity index (χ2v) is 3.01. The molecule has 1 heterocycles. The van der Waals surface area contributed by atoms with Gasteiger partial charge in [-0.05, 0) is 6.92 Å². The van der Waals surface area contributed by atoms with Gasteiger partial charge < -0.3 is 10.1 Å². The first-order valence-electron chi connectivity index (χ1n) is 4.58. The Morgan fingerprint density at radius 2 is 2.47 bits per heavy atom. The molecule has 1 aromatic heterocycles. The summed E-state index contributed by atoms with van der Waals surface area (Å²) in [5, 5.41) is 6.93. The Kier molecular flexibility index (Phi) is 4.08. The van der Waals surface area contributed by atoms with Crippen molar-refractivity contribution in [3.63, 3.8) is 0 Å². The Hall–Kier alpha value is -1.59. The number of hydrogen-bond donors (Lipinski definition) is 1. The summed E-state index contributed by atoms with van der Waals surface area (Å²) in [5.74, 6) is -0.354. The van der Waals surface area contributed by atoms with E-state index in [9.17, 15) is 9.18 Å². The molecule has 0 radical (unpaired) electrons. The molecule has 0 aliphatic carbocycles. The maximum atomic E-state index is 12.0. The highest BCUT2D eigenvalue weighted by Crippen LogP contribution is 2.11. The first kappa shape index (κ1) is 11.5. The Labute approximate surface area is 87.2 Å². The van der Waals surface area contributed by atoms with Crippen LogP contribution in [-0.4, -0.2) is 36.1 Å². The van der Waals surface area contributed by atoms with E-state index in [4.69, 9.17) is 0 Å². The molecule has 0 fully saturated rings. The minimum Gasteiger partial charge on any atom is -0.468 e. The zero-order valence-electron chi connectivity index (χ0n) is 8.79. The van der Waals surface area contributed by atoms with E-state index in [1.54, 1.807) is 13.1 Å². The lowest BCUT2D eigenvalue weighted by Gasteiger charge is -2.01. The molecule has 1 rings (SSSR count). The number of ether oxygens (including phenoxy) is 1. The average molecular weight is 215 g/mol. The first-order chi connectivity index (χ1) is 7.17. The van der Waals surface area contributed by atoms with Crippen molar-refractivity contribution in [1.29, 1.82) is 0 Å². The summed E-state index contributed by atoms with van der Waals surface area (Å²) in [7, 11) is 1.32. The van der Waals surface area contributed by atoms with Crippen LogP contribution in [0.5, 0.6) is 0 Å². The van der Waals surface area contributed by atoms with Crippen molar-refractivity contribution in [3.05, 3.63) is 11.9 Å². The average Bonchev–Trinajstić information content (AvgIpc) is 2.56. The van der Waals surface area contributed by atoms with Crippen LogP contribution in [0, 0.1) is 6.92 Å². The van der Waals surface area contributed by atoms with Crippen molar-refractivity contribution in [2.24, 2.45) is 0 Å². The van der Waals surface area contributed by atoms with Crippen molar-refractivity contribution < 1.29 is 13.9 Å². The number of esters is 1. The highest BCUT2D eigenvalue weighted by atomic mass is 19.1. The number of carbonyl (C=O) groups excluding carboxylic acids is 1. The Balaban J connectivity index is 2.56. The third-order valence-corrected chi connectivity index (χ3v) is 1.91. The largest absolute Gasteiger partial charge is 0.468 e. The highest BCUT2D eigenvalue weighted by molar-refractivity contribution is 5.74. The SMILES string of the molecule is COC(=O)CNc1cn(CCF)nc1C. The normalized spacial score (nSPS) is 10.1. The topological polar surface area (TPSA) is 56.1 Å². The van der Waals surface area contributed by atoms with Crippen LogP contribution in [0.1, 0.15) is 5.69 Å². The van der Waals surface area contributed by atoms with Crippen LogP contribution in [0.15, 0.2) is 6.20 Å². The van der Waals surface area contributed by atoms with Gasteiger partial charge in [-0.2, -0.15) is 5.10 Å². The van der Waals surface area contributed by atoms with Crippen LogP contribution < -0.4 is 5.32 Å². The van der Waals surface area contributed by atoms with E-state index in [1.807, 2.05) is 0 Å². The van der Waals surface area contributed by atoms with E-state index in [0.717, 1.165) is 5.69 Å². The van der Waals surface area contributed by atoms with E-state index in [2.05, 4.69) is 15.2 Å². The number of carbonyl (C=O) groups is 1. The number of aromatic nitrogens is 2. The second kappa shape index (κ2) is 5.33. The van der Waals surface area contributed by atoms with Crippen molar-refractivity contribution in [3.8, 4) is 0 Å². The van der Waals surface area contributed by atoms with Crippen LogP contribution in [0.25, 0.3) is 0 Å². The molecule has 0 aromatic carbocycles. The number of methoxy groups -OCH3 is 1. The first-order valence-corrected chi connectivity index (χ1v) is 4.58. The maximum absolute atomic E-state index is 12.0. The molecule has 0 spiro atoms. The fraction of sp³-hybridized carbons (Fsp3) is 0.556. The molecule has 0 bridgehead atoms.